The molecule has 0 radical (unpaired) electrons. The summed E-state index contributed by atoms with van der Waals surface area (Å²) in [5.41, 5.74) is 5.01. The van der Waals surface area contributed by atoms with Crippen LogP contribution in [0.2, 0.25) is 0 Å². The van der Waals surface area contributed by atoms with Gasteiger partial charge in [-0.1, -0.05) is 29.8 Å². The Morgan fingerprint density at radius 2 is 1.85 bits per heavy atom. The van der Waals surface area contributed by atoms with Crippen molar-refractivity contribution in [2.24, 2.45) is 0 Å². The normalized spacial score (nSPS) is 10.4. The second kappa shape index (κ2) is 8.94. The lowest BCUT2D eigenvalue weighted by Crippen LogP contribution is -2.29. The van der Waals surface area contributed by atoms with Gasteiger partial charge in [-0.25, -0.2) is 0 Å². The smallest absolute Gasteiger partial charge is 0.255 e. The van der Waals surface area contributed by atoms with E-state index >= 15 is 0 Å². The van der Waals surface area contributed by atoms with Gasteiger partial charge in [0.05, 0.1) is 11.3 Å². The van der Waals surface area contributed by atoms with Gasteiger partial charge in [-0.15, -0.1) is 0 Å². The Kier molecular flexibility index (Phi) is 6.15. The van der Waals surface area contributed by atoms with E-state index in [4.69, 9.17) is 0 Å². The molecular formula is C22H24N4O. The summed E-state index contributed by atoms with van der Waals surface area (Å²) < 4.78 is 0. The molecular weight excluding hydrogens is 336 g/mol. The van der Waals surface area contributed by atoms with Gasteiger partial charge < -0.3 is 10.2 Å². The first-order valence-corrected chi connectivity index (χ1v) is 9.00. The van der Waals surface area contributed by atoms with Gasteiger partial charge in [-0.3, -0.25) is 14.8 Å². The Hall–Kier alpha value is -3.21. The number of hydrogen-bond acceptors (Lipinski definition) is 4. The number of pyridine rings is 2. The molecule has 0 atom stereocenters. The highest BCUT2D eigenvalue weighted by atomic mass is 16.2. The Balaban J connectivity index is 1.59. The van der Waals surface area contributed by atoms with Gasteiger partial charge in [0.2, 0.25) is 0 Å². The molecule has 2 heterocycles. The Morgan fingerprint density at radius 3 is 2.63 bits per heavy atom. The fourth-order valence-corrected chi connectivity index (χ4v) is 2.85. The minimum Gasteiger partial charge on any atom is -0.380 e. The maximum Gasteiger partial charge on any atom is 0.255 e. The average molecular weight is 360 g/mol. The van der Waals surface area contributed by atoms with Crippen molar-refractivity contribution in [1.29, 1.82) is 0 Å². The summed E-state index contributed by atoms with van der Waals surface area (Å²) in [4.78, 5) is 22.6. The molecule has 5 heteroatoms. The van der Waals surface area contributed by atoms with Gasteiger partial charge in [0.15, 0.2) is 0 Å². The standard InChI is InChI=1S/C22H24N4O/c1-17-4-3-5-19(12-17)14-25-21-13-20(15-24-16-21)22(27)26(2)11-8-18-6-9-23-10-7-18/h3-7,9-10,12-13,15-16,25H,8,11,14H2,1-2H3. The number of hydrogen-bond donors (Lipinski definition) is 1. The van der Waals surface area contributed by atoms with Crippen LogP contribution in [-0.4, -0.2) is 34.4 Å². The molecule has 1 aromatic carbocycles. The lowest BCUT2D eigenvalue weighted by molar-refractivity contribution is 0.0796. The molecule has 0 fully saturated rings. The number of rotatable bonds is 7. The van der Waals surface area contributed by atoms with Gasteiger partial charge in [-0.05, 0) is 42.7 Å². The highest BCUT2D eigenvalue weighted by Gasteiger charge is 2.12. The minimum atomic E-state index is -0.0317. The van der Waals surface area contributed by atoms with Crippen molar-refractivity contribution in [2.45, 2.75) is 19.9 Å². The zero-order chi connectivity index (χ0) is 19.1. The van der Waals surface area contributed by atoms with E-state index in [0.29, 0.717) is 18.7 Å². The number of aromatic nitrogens is 2. The van der Waals surface area contributed by atoms with Crippen LogP contribution in [0.3, 0.4) is 0 Å². The number of benzene rings is 1. The minimum absolute atomic E-state index is 0.0317. The van der Waals surface area contributed by atoms with Crippen LogP contribution in [0.5, 0.6) is 0 Å². The molecule has 0 saturated heterocycles. The van der Waals surface area contributed by atoms with E-state index in [9.17, 15) is 4.79 Å². The third kappa shape index (κ3) is 5.38. The van der Waals surface area contributed by atoms with Gasteiger partial charge in [-0.2, -0.15) is 0 Å². The summed E-state index contributed by atoms with van der Waals surface area (Å²) in [7, 11) is 1.82. The van der Waals surface area contributed by atoms with Crippen LogP contribution >= 0.6 is 0 Å². The number of carbonyl (C=O) groups excluding carboxylic acids is 1. The Bertz CT molecular complexity index is 896. The van der Waals surface area contributed by atoms with Crippen molar-refractivity contribution in [3.8, 4) is 0 Å². The van der Waals surface area contributed by atoms with Gasteiger partial charge >= 0.3 is 0 Å². The largest absolute Gasteiger partial charge is 0.380 e. The number of nitrogens with one attached hydrogen (secondary N) is 1. The Labute approximate surface area is 160 Å². The van der Waals surface area contributed by atoms with Crippen molar-refractivity contribution >= 4 is 11.6 Å². The summed E-state index contributed by atoms with van der Waals surface area (Å²) >= 11 is 0. The molecule has 0 spiro atoms. The molecule has 0 aliphatic rings. The molecule has 1 N–H and O–H groups in total. The molecule has 0 bridgehead atoms. The molecule has 0 aliphatic heterocycles. The van der Waals surface area contributed by atoms with Crippen molar-refractivity contribution in [2.75, 3.05) is 18.9 Å². The molecule has 27 heavy (non-hydrogen) atoms. The number of amides is 1. The summed E-state index contributed by atoms with van der Waals surface area (Å²) in [5.74, 6) is -0.0317. The molecule has 0 unspecified atom stereocenters. The maximum atomic E-state index is 12.7. The van der Waals surface area contributed by atoms with Crippen LogP contribution in [0.1, 0.15) is 27.0 Å². The quantitative estimate of drug-likeness (QED) is 0.698. The van der Waals surface area contributed by atoms with Crippen LogP contribution in [0, 0.1) is 6.92 Å². The van der Waals surface area contributed by atoms with Crippen molar-refractivity contribution < 1.29 is 4.79 Å². The molecule has 2 aromatic heterocycles. The van der Waals surface area contributed by atoms with Crippen LogP contribution in [0.15, 0.2) is 67.3 Å². The molecule has 0 aliphatic carbocycles. The van der Waals surface area contributed by atoms with E-state index < -0.39 is 0 Å². The number of anilines is 1. The van der Waals surface area contributed by atoms with Gasteiger partial charge in [0, 0.05) is 44.9 Å². The summed E-state index contributed by atoms with van der Waals surface area (Å²) in [5, 5.41) is 3.34. The lowest BCUT2D eigenvalue weighted by Gasteiger charge is -2.17. The zero-order valence-corrected chi connectivity index (χ0v) is 15.7. The highest BCUT2D eigenvalue weighted by molar-refractivity contribution is 5.94. The first-order valence-electron chi connectivity index (χ1n) is 9.00. The monoisotopic (exact) mass is 360 g/mol. The van der Waals surface area contributed by atoms with Crippen LogP contribution in [0.25, 0.3) is 0 Å². The predicted molar refractivity (Wildman–Crippen MR) is 108 cm³/mol. The highest BCUT2D eigenvalue weighted by Crippen LogP contribution is 2.13. The van der Waals surface area contributed by atoms with Crippen LogP contribution in [-0.2, 0) is 13.0 Å². The fourth-order valence-electron chi connectivity index (χ4n) is 2.85. The van der Waals surface area contributed by atoms with Crippen LogP contribution in [0.4, 0.5) is 5.69 Å². The van der Waals surface area contributed by atoms with Crippen molar-refractivity contribution in [3.05, 3.63) is 89.5 Å². The van der Waals surface area contributed by atoms with E-state index in [1.54, 1.807) is 29.7 Å². The van der Waals surface area contributed by atoms with Crippen LogP contribution < -0.4 is 5.32 Å². The summed E-state index contributed by atoms with van der Waals surface area (Å²) in [6, 6.07) is 14.1. The predicted octanol–water partition coefficient (Wildman–Crippen LogP) is 3.71. The third-order valence-corrected chi connectivity index (χ3v) is 4.40. The molecule has 3 aromatic rings. The van der Waals surface area contributed by atoms with Gasteiger partial charge in [0.1, 0.15) is 0 Å². The average Bonchev–Trinajstić information content (AvgIpc) is 2.71. The van der Waals surface area contributed by atoms with E-state index in [1.165, 1.54) is 11.1 Å². The first kappa shape index (κ1) is 18.6. The number of nitrogens with zero attached hydrogens (tertiary/aromatic N) is 3. The molecule has 3 rings (SSSR count). The van der Waals surface area contributed by atoms with Crippen molar-refractivity contribution in [3.63, 3.8) is 0 Å². The molecule has 5 nitrogen and oxygen atoms in total. The maximum absolute atomic E-state index is 12.7. The topological polar surface area (TPSA) is 58.1 Å². The second-order valence-corrected chi connectivity index (χ2v) is 6.64. The SMILES string of the molecule is Cc1cccc(CNc2cncc(C(=O)N(C)CCc3ccncc3)c2)c1. The fraction of sp³-hybridized carbons (Fsp3) is 0.227. The molecule has 138 valence electrons. The van der Waals surface area contributed by atoms with Gasteiger partial charge in [0.25, 0.3) is 5.91 Å². The Morgan fingerprint density at radius 1 is 1.04 bits per heavy atom. The summed E-state index contributed by atoms with van der Waals surface area (Å²) in [6.45, 7) is 3.41. The molecule has 1 amide bonds. The second-order valence-electron chi connectivity index (χ2n) is 6.64. The van der Waals surface area contributed by atoms with E-state index in [-0.39, 0.29) is 5.91 Å². The molecule has 0 saturated carbocycles. The van der Waals surface area contributed by atoms with E-state index in [1.807, 2.05) is 31.3 Å². The zero-order valence-electron chi connectivity index (χ0n) is 15.7. The van der Waals surface area contributed by atoms with E-state index in [2.05, 4.69) is 40.4 Å². The summed E-state index contributed by atoms with van der Waals surface area (Å²) in [6.07, 6.45) is 7.69. The first-order chi connectivity index (χ1) is 13.1. The number of likely N-dealkylation sites (N-methyl/N-ethyl adjacent to an activating group) is 1. The van der Waals surface area contributed by atoms with Crippen molar-refractivity contribution in [1.82, 2.24) is 14.9 Å². The third-order valence-electron chi connectivity index (χ3n) is 4.40. The number of carbonyl (C=O) groups is 1. The lowest BCUT2D eigenvalue weighted by atomic mass is 10.1. The number of aryl methyl sites for hydroxylation is 1. The van der Waals surface area contributed by atoms with E-state index in [0.717, 1.165) is 17.7 Å².